The van der Waals surface area contributed by atoms with E-state index in [-0.39, 0.29) is 5.91 Å². The van der Waals surface area contributed by atoms with Gasteiger partial charge in [0.05, 0.1) is 6.54 Å². The van der Waals surface area contributed by atoms with E-state index < -0.39 is 0 Å². The number of nitrogens with one attached hydrogen (secondary N) is 1. The van der Waals surface area contributed by atoms with Gasteiger partial charge in [0.15, 0.2) is 0 Å². The van der Waals surface area contributed by atoms with E-state index in [1.807, 2.05) is 0 Å². The molecule has 0 heterocycles. The van der Waals surface area contributed by atoms with Gasteiger partial charge >= 0.3 is 0 Å². The Morgan fingerprint density at radius 3 is 2.53 bits per heavy atom. The monoisotopic (exact) mass is 269 g/mol. The Hall–Kier alpha value is -0.610. The molecule has 0 spiro atoms. The van der Waals surface area contributed by atoms with Crippen molar-refractivity contribution >= 4 is 5.91 Å². The fourth-order valence-corrected chi connectivity index (χ4v) is 2.81. The summed E-state index contributed by atoms with van der Waals surface area (Å²) in [6.07, 6.45) is 9.78. The standard InChI is InChI=1S/C15H31N3O/c1-2-11-17-15(19)13-18(12-7-10-16)14-8-5-3-4-6-9-14/h14H,2-13,16H2,1H3,(H,17,19). The molecule has 0 unspecified atom stereocenters. The molecule has 4 heteroatoms. The summed E-state index contributed by atoms with van der Waals surface area (Å²) >= 11 is 0. The Morgan fingerprint density at radius 2 is 1.95 bits per heavy atom. The van der Waals surface area contributed by atoms with E-state index in [0.717, 1.165) is 25.9 Å². The van der Waals surface area contributed by atoms with Crippen molar-refractivity contribution in [1.82, 2.24) is 10.2 Å². The average molecular weight is 269 g/mol. The maximum Gasteiger partial charge on any atom is 0.234 e. The van der Waals surface area contributed by atoms with Crippen molar-refractivity contribution in [3.05, 3.63) is 0 Å². The van der Waals surface area contributed by atoms with Crippen LogP contribution in [0.4, 0.5) is 0 Å². The van der Waals surface area contributed by atoms with Gasteiger partial charge in [-0.2, -0.15) is 0 Å². The first-order chi connectivity index (χ1) is 9.27. The third kappa shape index (κ3) is 6.92. The van der Waals surface area contributed by atoms with Crippen LogP contribution in [0.25, 0.3) is 0 Å². The van der Waals surface area contributed by atoms with E-state index in [0.29, 0.717) is 19.1 Å². The summed E-state index contributed by atoms with van der Waals surface area (Å²) in [6, 6.07) is 0.585. The summed E-state index contributed by atoms with van der Waals surface area (Å²) < 4.78 is 0. The molecule has 0 atom stereocenters. The number of nitrogens with two attached hydrogens (primary N) is 1. The first kappa shape index (κ1) is 16.4. The first-order valence-corrected chi connectivity index (χ1v) is 7.98. The highest BCUT2D eigenvalue weighted by molar-refractivity contribution is 5.78. The minimum absolute atomic E-state index is 0.170. The maximum absolute atomic E-state index is 11.9. The molecule has 0 saturated heterocycles. The second-order valence-electron chi connectivity index (χ2n) is 5.61. The van der Waals surface area contributed by atoms with Gasteiger partial charge < -0.3 is 11.1 Å². The largest absolute Gasteiger partial charge is 0.355 e. The second kappa shape index (κ2) is 10.2. The molecule has 4 nitrogen and oxygen atoms in total. The number of carbonyl (C=O) groups excluding carboxylic acids is 1. The van der Waals surface area contributed by atoms with Gasteiger partial charge in [0.25, 0.3) is 0 Å². The quantitative estimate of drug-likeness (QED) is 0.662. The van der Waals surface area contributed by atoms with Crippen molar-refractivity contribution in [3.8, 4) is 0 Å². The third-order valence-corrected chi connectivity index (χ3v) is 3.91. The molecule has 1 fully saturated rings. The lowest BCUT2D eigenvalue weighted by Crippen LogP contribution is -2.44. The lowest BCUT2D eigenvalue weighted by Gasteiger charge is -2.30. The highest BCUT2D eigenvalue weighted by Crippen LogP contribution is 2.21. The van der Waals surface area contributed by atoms with Crippen LogP contribution in [-0.2, 0) is 4.79 Å². The van der Waals surface area contributed by atoms with Crippen molar-refractivity contribution in [3.63, 3.8) is 0 Å². The highest BCUT2D eigenvalue weighted by Gasteiger charge is 2.21. The van der Waals surface area contributed by atoms with Crippen LogP contribution in [0.3, 0.4) is 0 Å². The van der Waals surface area contributed by atoms with Gasteiger partial charge in [0.1, 0.15) is 0 Å². The van der Waals surface area contributed by atoms with Gasteiger partial charge in [0, 0.05) is 19.1 Å². The van der Waals surface area contributed by atoms with Gasteiger partial charge in [-0.1, -0.05) is 32.6 Å². The van der Waals surface area contributed by atoms with Gasteiger partial charge in [0.2, 0.25) is 5.91 Å². The average Bonchev–Trinajstić information content (AvgIpc) is 2.70. The summed E-state index contributed by atoms with van der Waals surface area (Å²) in [4.78, 5) is 14.3. The SMILES string of the molecule is CCCNC(=O)CN(CCCN)C1CCCCCC1. The highest BCUT2D eigenvalue weighted by atomic mass is 16.2. The molecule has 1 saturated carbocycles. The number of amides is 1. The Labute approximate surface area is 118 Å². The topological polar surface area (TPSA) is 58.4 Å². The van der Waals surface area contributed by atoms with Crippen molar-refractivity contribution < 1.29 is 4.79 Å². The van der Waals surface area contributed by atoms with Gasteiger partial charge in [-0.05, 0) is 32.2 Å². The van der Waals surface area contributed by atoms with Crippen LogP contribution in [0.1, 0.15) is 58.3 Å². The number of rotatable bonds is 8. The van der Waals surface area contributed by atoms with Crippen molar-refractivity contribution in [2.75, 3.05) is 26.2 Å². The minimum atomic E-state index is 0.170. The van der Waals surface area contributed by atoms with Gasteiger partial charge in [-0.25, -0.2) is 0 Å². The molecule has 0 aromatic carbocycles. The fourth-order valence-electron chi connectivity index (χ4n) is 2.81. The molecule has 19 heavy (non-hydrogen) atoms. The molecule has 3 N–H and O–H groups in total. The summed E-state index contributed by atoms with van der Waals surface area (Å²) in [5.74, 6) is 0.170. The summed E-state index contributed by atoms with van der Waals surface area (Å²) in [7, 11) is 0. The third-order valence-electron chi connectivity index (χ3n) is 3.91. The lowest BCUT2D eigenvalue weighted by atomic mass is 10.1. The molecule has 112 valence electrons. The fraction of sp³-hybridized carbons (Fsp3) is 0.933. The number of hydrogen-bond acceptors (Lipinski definition) is 3. The molecular weight excluding hydrogens is 238 g/mol. The van der Waals surface area contributed by atoms with E-state index in [9.17, 15) is 4.79 Å². The Kier molecular flexibility index (Phi) is 8.84. The predicted molar refractivity (Wildman–Crippen MR) is 80.0 cm³/mol. The molecule has 0 bridgehead atoms. The Bertz CT molecular complexity index is 238. The molecule has 0 aromatic heterocycles. The molecular formula is C15H31N3O. The molecule has 0 aliphatic heterocycles. The molecule has 1 aliphatic rings. The summed E-state index contributed by atoms with van der Waals surface area (Å²) in [5.41, 5.74) is 5.62. The number of nitrogens with zero attached hydrogens (tertiary/aromatic N) is 1. The van der Waals surface area contributed by atoms with E-state index in [1.165, 1.54) is 38.5 Å². The molecule has 0 aromatic rings. The van der Waals surface area contributed by atoms with Crippen molar-refractivity contribution in [2.45, 2.75) is 64.3 Å². The molecule has 1 rings (SSSR count). The Morgan fingerprint density at radius 1 is 1.26 bits per heavy atom. The van der Waals surface area contributed by atoms with Crippen LogP contribution in [0.2, 0.25) is 0 Å². The second-order valence-corrected chi connectivity index (χ2v) is 5.61. The van der Waals surface area contributed by atoms with Crippen LogP contribution >= 0.6 is 0 Å². The van der Waals surface area contributed by atoms with Crippen LogP contribution in [0.5, 0.6) is 0 Å². The zero-order valence-corrected chi connectivity index (χ0v) is 12.5. The molecule has 1 amide bonds. The predicted octanol–water partition coefficient (Wildman–Crippen LogP) is 1.89. The molecule has 0 radical (unpaired) electrons. The van der Waals surface area contributed by atoms with Crippen LogP contribution in [-0.4, -0.2) is 43.0 Å². The summed E-state index contributed by atoms with van der Waals surface area (Å²) in [6.45, 7) is 5.08. The van der Waals surface area contributed by atoms with E-state index in [1.54, 1.807) is 0 Å². The summed E-state index contributed by atoms with van der Waals surface area (Å²) in [5, 5.41) is 2.98. The van der Waals surface area contributed by atoms with Crippen LogP contribution in [0, 0.1) is 0 Å². The van der Waals surface area contributed by atoms with E-state index >= 15 is 0 Å². The van der Waals surface area contributed by atoms with Crippen LogP contribution in [0.15, 0.2) is 0 Å². The van der Waals surface area contributed by atoms with Crippen molar-refractivity contribution in [2.24, 2.45) is 5.73 Å². The zero-order valence-electron chi connectivity index (χ0n) is 12.5. The zero-order chi connectivity index (χ0) is 13.9. The Balaban J connectivity index is 2.46. The number of hydrogen-bond donors (Lipinski definition) is 2. The van der Waals surface area contributed by atoms with E-state index in [4.69, 9.17) is 5.73 Å². The lowest BCUT2D eigenvalue weighted by molar-refractivity contribution is -0.122. The number of carbonyl (C=O) groups is 1. The van der Waals surface area contributed by atoms with E-state index in [2.05, 4.69) is 17.1 Å². The maximum atomic E-state index is 11.9. The normalized spacial score (nSPS) is 17.4. The van der Waals surface area contributed by atoms with Crippen LogP contribution < -0.4 is 11.1 Å². The minimum Gasteiger partial charge on any atom is -0.355 e. The van der Waals surface area contributed by atoms with Crippen molar-refractivity contribution in [1.29, 1.82) is 0 Å². The smallest absolute Gasteiger partial charge is 0.234 e. The first-order valence-electron chi connectivity index (χ1n) is 7.98. The van der Waals surface area contributed by atoms with Gasteiger partial charge in [-0.3, -0.25) is 9.69 Å². The van der Waals surface area contributed by atoms with Gasteiger partial charge in [-0.15, -0.1) is 0 Å². The molecule has 1 aliphatic carbocycles.